The lowest BCUT2D eigenvalue weighted by molar-refractivity contribution is 0.0637. The van der Waals surface area contributed by atoms with E-state index in [1.54, 1.807) is 6.08 Å². The zero-order chi connectivity index (χ0) is 14.9. The van der Waals surface area contributed by atoms with Crippen LogP contribution in [-0.2, 0) is 23.4 Å². The van der Waals surface area contributed by atoms with Gasteiger partial charge in [0.15, 0.2) is 0 Å². The fraction of sp³-hybridized carbons (Fsp3) is 0.667. The molecule has 0 heterocycles. The Bertz CT molecular complexity index is 248. The van der Waals surface area contributed by atoms with Crippen molar-refractivity contribution in [2.75, 3.05) is 46.2 Å². The highest BCUT2D eigenvalue weighted by Crippen LogP contribution is 1.95. The summed E-state index contributed by atoms with van der Waals surface area (Å²) >= 11 is 0. The van der Waals surface area contributed by atoms with Gasteiger partial charge in [-0.2, -0.15) is 0 Å². The standard InChI is InChI=1S/C12H23BO7/c1-2-16-11-12-17-7-4-9-19-13(20-10-6-15)18-8-3-5-14/h3-4,8-9,14-15H,2,5-7,10-12H2,1H3/b8-3+,9-4+. The number of rotatable bonds is 14. The van der Waals surface area contributed by atoms with Crippen LogP contribution in [0.25, 0.3) is 0 Å². The molecule has 0 aromatic heterocycles. The molecule has 0 radical (unpaired) electrons. The maximum absolute atomic E-state index is 8.66. The number of aliphatic hydroxyl groups excluding tert-OH is 2. The van der Waals surface area contributed by atoms with Gasteiger partial charge in [0.25, 0.3) is 0 Å². The fourth-order valence-electron chi connectivity index (χ4n) is 0.995. The maximum atomic E-state index is 8.66. The Morgan fingerprint density at radius 2 is 1.65 bits per heavy atom. The summed E-state index contributed by atoms with van der Waals surface area (Å²) in [6, 6.07) is 0. The van der Waals surface area contributed by atoms with E-state index in [4.69, 9.17) is 33.6 Å². The van der Waals surface area contributed by atoms with E-state index >= 15 is 0 Å². The molecule has 0 aliphatic carbocycles. The third-order valence-corrected chi connectivity index (χ3v) is 1.81. The molecule has 8 heteroatoms. The monoisotopic (exact) mass is 290 g/mol. The summed E-state index contributed by atoms with van der Waals surface area (Å²) in [6.45, 7) is 3.84. The van der Waals surface area contributed by atoms with E-state index in [1.807, 2.05) is 6.92 Å². The maximum Gasteiger partial charge on any atom is 0.787 e. The average molecular weight is 290 g/mol. The van der Waals surface area contributed by atoms with Crippen molar-refractivity contribution in [2.24, 2.45) is 0 Å². The quantitative estimate of drug-likeness (QED) is 0.266. The molecule has 0 bridgehead atoms. The van der Waals surface area contributed by atoms with Crippen molar-refractivity contribution in [3.63, 3.8) is 0 Å². The minimum Gasteiger partial charge on any atom is -0.508 e. The highest BCUT2D eigenvalue weighted by atomic mass is 16.7. The molecule has 0 rings (SSSR count). The number of hydrogen-bond acceptors (Lipinski definition) is 7. The minimum atomic E-state index is -0.982. The van der Waals surface area contributed by atoms with Gasteiger partial charge in [-0.15, -0.1) is 0 Å². The molecule has 0 atom stereocenters. The minimum absolute atomic E-state index is 0.0797. The second kappa shape index (κ2) is 16.0. The van der Waals surface area contributed by atoms with Crippen LogP contribution >= 0.6 is 0 Å². The molecular weight excluding hydrogens is 267 g/mol. The first-order valence-electron chi connectivity index (χ1n) is 6.44. The van der Waals surface area contributed by atoms with Crippen LogP contribution in [0.4, 0.5) is 0 Å². The van der Waals surface area contributed by atoms with Crippen molar-refractivity contribution < 1.29 is 33.6 Å². The van der Waals surface area contributed by atoms with Gasteiger partial charge in [-0.25, -0.2) is 0 Å². The van der Waals surface area contributed by atoms with Gasteiger partial charge >= 0.3 is 7.32 Å². The predicted octanol–water partition coefficient (Wildman–Crippen LogP) is 0.0862. The summed E-state index contributed by atoms with van der Waals surface area (Å²) < 4.78 is 25.6. The molecule has 0 aromatic rings. The van der Waals surface area contributed by atoms with E-state index in [-0.39, 0.29) is 19.8 Å². The average Bonchev–Trinajstić information content (AvgIpc) is 2.47. The number of ether oxygens (including phenoxy) is 2. The van der Waals surface area contributed by atoms with Gasteiger partial charge in [0.1, 0.15) is 0 Å². The summed E-state index contributed by atoms with van der Waals surface area (Å²) in [7, 11) is -0.982. The van der Waals surface area contributed by atoms with Crippen molar-refractivity contribution in [1.29, 1.82) is 0 Å². The Morgan fingerprint density at radius 1 is 0.950 bits per heavy atom. The molecule has 0 fully saturated rings. The highest BCUT2D eigenvalue weighted by molar-refractivity contribution is 6.36. The van der Waals surface area contributed by atoms with E-state index < -0.39 is 7.32 Å². The van der Waals surface area contributed by atoms with Crippen molar-refractivity contribution >= 4 is 7.32 Å². The molecule has 0 aromatic carbocycles. The van der Waals surface area contributed by atoms with Crippen LogP contribution in [-0.4, -0.2) is 63.8 Å². The van der Waals surface area contributed by atoms with Crippen LogP contribution in [0, 0.1) is 0 Å². The Hall–Kier alpha value is -1.06. The molecule has 7 nitrogen and oxygen atoms in total. The van der Waals surface area contributed by atoms with E-state index in [1.165, 1.54) is 18.6 Å². The molecule has 116 valence electrons. The van der Waals surface area contributed by atoms with Gasteiger partial charge in [0, 0.05) is 6.61 Å². The van der Waals surface area contributed by atoms with Gasteiger partial charge in [-0.1, -0.05) is 0 Å². The van der Waals surface area contributed by atoms with E-state index in [0.29, 0.717) is 26.4 Å². The molecule has 0 aliphatic rings. The number of hydrogen-bond donors (Lipinski definition) is 2. The summed E-state index contributed by atoms with van der Waals surface area (Å²) in [5, 5.41) is 17.2. The van der Waals surface area contributed by atoms with E-state index in [0.717, 1.165) is 0 Å². The van der Waals surface area contributed by atoms with Gasteiger partial charge in [-0.3, -0.25) is 0 Å². The lowest BCUT2D eigenvalue weighted by Crippen LogP contribution is -2.24. The van der Waals surface area contributed by atoms with Crippen LogP contribution in [0.15, 0.2) is 24.7 Å². The highest BCUT2D eigenvalue weighted by Gasteiger charge is 2.22. The van der Waals surface area contributed by atoms with Crippen LogP contribution in [0.5, 0.6) is 0 Å². The SMILES string of the molecule is CCOCCOC/C=C/OB(O/C=C/CO)OCCO. The second-order valence-corrected chi connectivity index (χ2v) is 3.35. The zero-order valence-corrected chi connectivity index (χ0v) is 11.8. The topological polar surface area (TPSA) is 86.6 Å². The smallest absolute Gasteiger partial charge is 0.508 e. The fourth-order valence-corrected chi connectivity index (χ4v) is 0.995. The third-order valence-electron chi connectivity index (χ3n) is 1.81. The normalized spacial score (nSPS) is 11.3. The number of aliphatic hydroxyl groups is 2. The first-order chi connectivity index (χ1) is 9.85. The van der Waals surface area contributed by atoms with E-state index in [2.05, 4.69) is 0 Å². The van der Waals surface area contributed by atoms with Crippen LogP contribution in [0.1, 0.15) is 6.92 Å². The van der Waals surface area contributed by atoms with Crippen molar-refractivity contribution in [3.8, 4) is 0 Å². The summed E-state index contributed by atoms with van der Waals surface area (Å²) in [5.74, 6) is 0. The second-order valence-electron chi connectivity index (χ2n) is 3.35. The summed E-state index contributed by atoms with van der Waals surface area (Å²) in [4.78, 5) is 0. The first-order valence-corrected chi connectivity index (χ1v) is 6.44. The molecule has 0 aliphatic heterocycles. The van der Waals surface area contributed by atoms with Crippen molar-refractivity contribution in [2.45, 2.75) is 6.92 Å². The van der Waals surface area contributed by atoms with Crippen LogP contribution in [0.3, 0.4) is 0 Å². The van der Waals surface area contributed by atoms with Gasteiger partial charge in [0.05, 0.1) is 52.2 Å². The van der Waals surface area contributed by atoms with Crippen LogP contribution < -0.4 is 0 Å². The third kappa shape index (κ3) is 13.4. The summed E-state index contributed by atoms with van der Waals surface area (Å²) in [6.07, 6.45) is 5.68. The summed E-state index contributed by atoms with van der Waals surface area (Å²) in [5.41, 5.74) is 0. The molecule has 0 unspecified atom stereocenters. The molecule has 2 N–H and O–H groups in total. The van der Waals surface area contributed by atoms with Gasteiger partial charge in [0.2, 0.25) is 0 Å². The Labute approximate surface area is 119 Å². The van der Waals surface area contributed by atoms with Crippen molar-refractivity contribution in [1.82, 2.24) is 0 Å². The van der Waals surface area contributed by atoms with E-state index in [9.17, 15) is 0 Å². The Kier molecular flexibility index (Phi) is 15.2. The molecular formula is C12H23BO7. The van der Waals surface area contributed by atoms with Crippen molar-refractivity contribution in [3.05, 3.63) is 24.7 Å². The lowest BCUT2D eigenvalue weighted by atomic mass is 10.2. The molecule has 0 spiro atoms. The Balaban J connectivity index is 3.72. The lowest BCUT2D eigenvalue weighted by Gasteiger charge is -2.09. The Morgan fingerprint density at radius 3 is 2.30 bits per heavy atom. The molecule has 0 saturated heterocycles. The van der Waals surface area contributed by atoms with Gasteiger partial charge < -0.3 is 33.6 Å². The molecule has 0 amide bonds. The molecule has 0 saturated carbocycles. The van der Waals surface area contributed by atoms with Crippen LogP contribution in [0.2, 0.25) is 0 Å². The predicted molar refractivity (Wildman–Crippen MR) is 73.6 cm³/mol. The largest absolute Gasteiger partial charge is 0.787 e. The first kappa shape index (κ1) is 18.9. The van der Waals surface area contributed by atoms with Gasteiger partial charge in [-0.05, 0) is 19.1 Å². The zero-order valence-electron chi connectivity index (χ0n) is 11.8. The molecule has 20 heavy (non-hydrogen) atoms.